The number of nitrogens with one attached hydrogen (secondary N) is 1. The van der Waals surface area contributed by atoms with Gasteiger partial charge in [0.15, 0.2) is 0 Å². The Hall–Kier alpha value is -2.43. The maximum atomic E-state index is 13.3. The van der Waals surface area contributed by atoms with Gasteiger partial charge in [0.2, 0.25) is 0 Å². The molecule has 0 aliphatic rings. The minimum absolute atomic E-state index is 0.0478. The molecule has 0 saturated carbocycles. The topological polar surface area (TPSA) is 55.2 Å². The van der Waals surface area contributed by atoms with Crippen LogP contribution in [-0.2, 0) is 0 Å². The number of hydrogen-bond acceptors (Lipinski definition) is 3. The van der Waals surface area contributed by atoms with Crippen molar-refractivity contribution in [3.8, 4) is 0 Å². The molecule has 0 aromatic heterocycles. The monoisotopic (exact) mass is 274 g/mol. The van der Waals surface area contributed by atoms with E-state index < -0.39 is 4.92 Å². The van der Waals surface area contributed by atoms with Crippen molar-refractivity contribution in [1.82, 2.24) is 0 Å². The van der Waals surface area contributed by atoms with Gasteiger partial charge in [-0.25, -0.2) is 4.39 Å². The average molecular weight is 274 g/mol. The molecule has 0 heterocycles. The second kappa shape index (κ2) is 5.69. The predicted octanol–water partition coefficient (Wildman–Crippen LogP) is 4.22. The number of rotatable bonds is 4. The Morgan fingerprint density at radius 3 is 2.65 bits per heavy atom. The lowest BCUT2D eigenvalue weighted by Gasteiger charge is -2.16. The number of nitro groups is 1. The van der Waals surface area contributed by atoms with Gasteiger partial charge in [-0.15, -0.1) is 0 Å². The van der Waals surface area contributed by atoms with Gasteiger partial charge in [0.25, 0.3) is 5.69 Å². The SMILES string of the molecule is Cc1cc(F)cc(NC(C)c2cccc([N+](=O)[O-])c2)c1. The van der Waals surface area contributed by atoms with Crippen LogP contribution in [0.4, 0.5) is 15.8 Å². The molecule has 0 amide bonds. The molecule has 1 unspecified atom stereocenters. The molecule has 5 heteroatoms. The summed E-state index contributed by atoms with van der Waals surface area (Å²) in [5, 5.41) is 13.9. The first-order chi connectivity index (χ1) is 9.45. The van der Waals surface area contributed by atoms with Crippen LogP contribution in [0.1, 0.15) is 24.1 Å². The largest absolute Gasteiger partial charge is 0.378 e. The van der Waals surface area contributed by atoms with Gasteiger partial charge in [-0.2, -0.15) is 0 Å². The van der Waals surface area contributed by atoms with Crippen molar-refractivity contribution < 1.29 is 9.31 Å². The summed E-state index contributed by atoms with van der Waals surface area (Å²) in [6.07, 6.45) is 0. The maximum Gasteiger partial charge on any atom is 0.269 e. The summed E-state index contributed by atoms with van der Waals surface area (Å²) < 4.78 is 13.3. The fraction of sp³-hybridized carbons (Fsp3) is 0.200. The van der Waals surface area contributed by atoms with E-state index in [2.05, 4.69) is 5.32 Å². The van der Waals surface area contributed by atoms with Crippen LogP contribution in [-0.4, -0.2) is 4.92 Å². The smallest absolute Gasteiger partial charge is 0.269 e. The standard InChI is InChI=1S/C15H15FN2O2/c1-10-6-13(16)9-14(7-10)17-11(2)12-4-3-5-15(8-12)18(19)20/h3-9,11,17H,1-2H3. The molecule has 0 aliphatic heterocycles. The van der Waals surface area contributed by atoms with E-state index in [9.17, 15) is 14.5 Å². The third-order valence-corrected chi connectivity index (χ3v) is 3.01. The number of benzene rings is 2. The van der Waals surface area contributed by atoms with Crippen LogP contribution >= 0.6 is 0 Å². The highest BCUT2D eigenvalue weighted by Crippen LogP contribution is 2.23. The van der Waals surface area contributed by atoms with Gasteiger partial charge in [0.05, 0.1) is 4.92 Å². The van der Waals surface area contributed by atoms with Gasteiger partial charge in [0, 0.05) is 23.9 Å². The molecule has 4 nitrogen and oxygen atoms in total. The molecule has 104 valence electrons. The molecule has 2 rings (SSSR count). The van der Waals surface area contributed by atoms with Crippen LogP contribution in [0.25, 0.3) is 0 Å². The van der Waals surface area contributed by atoms with E-state index in [4.69, 9.17) is 0 Å². The quantitative estimate of drug-likeness (QED) is 0.671. The van der Waals surface area contributed by atoms with E-state index in [1.165, 1.54) is 24.3 Å². The number of nitrogens with zero attached hydrogens (tertiary/aromatic N) is 1. The Morgan fingerprint density at radius 1 is 1.25 bits per heavy atom. The van der Waals surface area contributed by atoms with Crippen LogP contribution in [0.5, 0.6) is 0 Å². The molecule has 2 aromatic carbocycles. The molecule has 0 fully saturated rings. The molecule has 0 saturated heterocycles. The van der Waals surface area contributed by atoms with Crippen LogP contribution in [0.15, 0.2) is 42.5 Å². The third-order valence-electron chi connectivity index (χ3n) is 3.01. The predicted molar refractivity (Wildman–Crippen MR) is 76.3 cm³/mol. The zero-order chi connectivity index (χ0) is 14.7. The lowest BCUT2D eigenvalue weighted by Crippen LogP contribution is -2.07. The van der Waals surface area contributed by atoms with E-state index >= 15 is 0 Å². The second-order valence-corrected chi connectivity index (χ2v) is 4.74. The number of anilines is 1. The Kier molecular flexibility index (Phi) is 3.98. The van der Waals surface area contributed by atoms with Gasteiger partial charge in [0.1, 0.15) is 5.82 Å². The van der Waals surface area contributed by atoms with Crippen LogP contribution in [0, 0.1) is 22.9 Å². The summed E-state index contributed by atoms with van der Waals surface area (Å²) in [6, 6.07) is 10.9. The molecule has 0 aliphatic carbocycles. The molecule has 20 heavy (non-hydrogen) atoms. The third kappa shape index (κ3) is 3.32. The summed E-state index contributed by atoms with van der Waals surface area (Å²) in [7, 11) is 0. The minimum atomic E-state index is -0.428. The van der Waals surface area contributed by atoms with Crippen LogP contribution in [0.3, 0.4) is 0 Å². The number of hydrogen-bond donors (Lipinski definition) is 1. The van der Waals surface area contributed by atoms with Gasteiger partial charge in [-0.3, -0.25) is 10.1 Å². The Balaban J connectivity index is 2.21. The fourth-order valence-electron chi connectivity index (χ4n) is 2.06. The second-order valence-electron chi connectivity index (χ2n) is 4.74. The van der Waals surface area contributed by atoms with E-state index in [0.29, 0.717) is 5.69 Å². The van der Waals surface area contributed by atoms with E-state index in [0.717, 1.165) is 11.1 Å². The first kappa shape index (κ1) is 14.0. The zero-order valence-corrected chi connectivity index (χ0v) is 11.3. The maximum absolute atomic E-state index is 13.3. The molecular formula is C15H15FN2O2. The Bertz CT molecular complexity index is 623. The van der Waals surface area contributed by atoms with Crippen LogP contribution in [0.2, 0.25) is 0 Å². The molecule has 0 bridgehead atoms. The molecular weight excluding hydrogens is 259 g/mol. The number of non-ortho nitro benzene ring substituents is 1. The van der Waals surface area contributed by atoms with Gasteiger partial charge in [-0.1, -0.05) is 12.1 Å². The Labute approximate surface area is 116 Å². The van der Waals surface area contributed by atoms with Crippen molar-refractivity contribution in [2.24, 2.45) is 0 Å². The van der Waals surface area contributed by atoms with Crippen molar-refractivity contribution in [1.29, 1.82) is 0 Å². The highest BCUT2D eigenvalue weighted by Gasteiger charge is 2.11. The van der Waals surface area contributed by atoms with Crippen molar-refractivity contribution in [2.45, 2.75) is 19.9 Å². The fourth-order valence-corrected chi connectivity index (χ4v) is 2.06. The number of halogens is 1. The molecule has 0 spiro atoms. The summed E-state index contributed by atoms with van der Waals surface area (Å²) >= 11 is 0. The highest BCUT2D eigenvalue weighted by atomic mass is 19.1. The molecule has 0 radical (unpaired) electrons. The minimum Gasteiger partial charge on any atom is -0.378 e. The summed E-state index contributed by atoms with van der Waals surface area (Å²) in [6.45, 7) is 3.69. The van der Waals surface area contributed by atoms with Crippen molar-refractivity contribution in [3.63, 3.8) is 0 Å². The van der Waals surface area contributed by atoms with Crippen molar-refractivity contribution >= 4 is 11.4 Å². The molecule has 1 N–H and O–H groups in total. The number of aryl methyl sites for hydroxylation is 1. The average Bonchev–Trinajstić information content (AvgIpc) is 2.37. The first-order valence-corrected chi connectivity index (χ1v) is 6.24. The van der Waals surface area contributed by atoms with E-state index in [-0.39, 0.29) is 17.5 Å². The van der Waals surface area contributed by atoms with E-state index in [1.807, 2.05) is 19.9 Å². The summed E-state index contributed by atoms with van der Waals surface area (Å²) in [5.74, 6) is -0.307. The Morgan fingerprint density at radius 2 is 2.00 bits per heavy atom. The normalized spacial score (nSPS) is 11.9. The first-order valence-electron chi connectivity index (χ1n) is 6.24. The molecule has 2 aromatic rings. The lowest BCUT2D eigenvalue weighted by molar-refractivity contribution is -0.384. The van der Waals surface area contributed by atoms with Crippen molar-refractivity contribution in [2.75, 3.05) is 5.32 Å². The summed E-state index contributed by atoms with van der Waals surface area (Å²) in [4.78, 5) is 10.3. The summed E-state index contributed by atoms with van der Waals surface area (Å²) in [5.41, 5.74) is 2.30. The zero-order valence-electron chi connectivity index (χ0n) is 11.3. The van der Waals surface area contributed by atoms with Gasteiger partial charge >= 0.3 is 0 Å². The number of nitro benzene ring substituents is 1. The molecule has 1 atom stereocenters. The van der Waals surface area contributed by atoms with E-state index in [1.54, 1.807) is 12.1 Å². The van der Waals surface area contributed by atoms with Crippen molar-refractivity contribution in [3.05, 3.63) is 69.5 Å². The van der Waals surface area contributed by atoms with Crippen LogP contribution < -0.4 is 5.32 Å². The highest BCUT2D eigenvalue weighted by molar-refractivity contribution is 5.48. The van der Waals surface area contributed by atoms with Gasteiger partial charge in [-0.05, 0) is 43.2 Å². The lowest BCUT2D eigenvalue weighted by atomic mass is 10.1. The van der Waals surface area contributed by atoms with Gasteiger partial charge < -0.3 is 5.32 Å².